The Hall–Kier alpha value is -1.30. The molecule has 98 valence electrons. The third-order valence-corrected chi connectivity index (χ3v) is 3.18. The van der Waals surface area contributed by atoms with Gasteiger partial charge in [-0.05, 0) is 38.1 Å². The number of hydrogen-bond donors (Lipinski definition) is 1. The molecular weight excluding hydrogens is 220 g/mol. The molecule has 0 saturated carbocycles. The fourth-order valence-corrected chi connectivity index (χ4v) is 1.93. The van der Waals surface area contributed by atoms with E-state index in [-0.39, 0.29) is 0 Å². The molecule has 2 heteroatoms. The average molecular weight is 244 g/mol. The SMILES string of the molecule is CCCC(C)N(C)Cc1ccc(C#CCN)cc1. The van der Waals surface area contributed by atoms with Gasteiger partial charge in [-0.2, -0.15) is 0 Å². The summed E-state index contributed by atoms with van der Waals surface area (Å²) >= 11 is 0. The highest BCUT2D eigenvalue weighted by molar-refractivity contribution is 5.36. The Kier molecular flexibility index (Phi) is 6.49. The first-order valence-corrected chi connectivity index (χ1v) is 6.65. The van der Waals surface area contributed by atoms with Crippen LogP contribution < -0.4 is 5.73 Å². The molecule has 1 aromatic rings. The summed E-state index contributed by atoms with van der Waals surface area (Å²) in [5, 5.41) is 0. The van der Waals surface area contributed by atoms with E-state index in [1.165, 1.54) is 18.4 Å². The van der Waals surface area contributed by atoms with Crippen molar-refractivity contribution < 1.29 is 0 Å². The molecule has 0 heterocycles. The molecule has 1 unspecified atom stereocenters. The maximum absolute atomic E-state index is 5.35. The van der Waals surface area contributed by atoms with Crippen molar-refractivity contribution >= 4 is 0 Å². The van der Waals surface area contributed by atoms with Crippen molar-refractivity contribution in [2.45, 2.75) is 39.3 Å². The van der Waals surface area contributed by atoms with Crippen LogP contribution in [-0.4, -0.2) is 24.5 Å². The van der Waals surface area contributed by atoms with Crippen LogP contribution in [0.2, 0.25) is 0 Å². The molecule has 0 amide bonds. The molecule has 0 aliphatic heterocycles. The van der Waals surface area contributed by atoms with Gasteiger partial charge in [-0.3, -0.25) is 4.90 Å². The van der Waals surface area contributed by atoms with Gasteiger partial charge in [0.15, 0.2) is 0 Å². The van der Waals surface area contributed by atoms with Gasteiger partial charge in [0, 0.05) is 18.2 Å². The van der Waals surface area contributed by atoms with E-state index in [4.69, 9.17) is 5.73 Å². The largest absolute Gasteiger partial charge is 0.320 e. The standard InChI is InChI=1S/C16H24N2/c1-4-6-14(2)18(3)13-16-10-8-15(9-11-16)7-5-12-17/h8-11,14H,4,6,12-13,17H2,1-3H3. The van der Waals surface area contributed by atoms with Crippen molar-refractivity contribution in [1.82, 2.24) is 4.90 Å². The van der Waals surface area contributed by atoms with Crippen molar-refractivity contribution in [2.24, 2.45) is 5.73 Å². The molecule has 0 saturated heterocycles. The smallest absolute Gasteiger partial charge is 0.0555 e. The first-order valence-electron chi connectivity index (χ1n) is 6.65. The lowest BCUT2D eigenvalue weighted by Gasteiger charge is -2.24. The second-order valence-electron chi connectivity index (χ2n) is 4.76. The van der Waals surface area contributed by atoms with Crippen LogP contribution in [0.1, 0.15) is 37.8 Å². The molecule has 1 rings (SSSR count). The molecule has 2 N–H and O–H groups in total. The fourth-order valence-electron chi connectivity index (χ4n) is 1.93. The van der Waals surface area contributed by atoms with Gasteiger partial charge in [0.05, 0.1) is 6.54 Å². The predicted molar refractivity (Wildman–Crippen MR) is 78.2 cm³/mol. The highest BCUT2D eigenvalue weighted by atomic mass is 15.1. The van der Waals surface area contributed by atoms with Gasteiger partial charge in [0.25, 0.3) is 0 Å². The highest BCUT2D eigenvalue weighted by Crippen LogP contribution is 2.10. The highest BCUT2D eigenvalue weighted by Gasteiger charge is 2.08. The minimum absolute atomic E-state index is 0.416. The predicted octanol–water partition coefficient (Wildman–Crippen LogP) is 2.62. The summed E-state index contributed by atoms with van der Waals surface area (Å²) in [6.07, 6.45) is 2.48. The zero-order chi connectivity index (χ0) is 13.4. The molecule has 0 fully saturated rings. The molecule has 0 bridgehead atoms. The van der Waals surface area contributed by atoms with Crippen LogP contribution in [0.4, 0.5) is 0 Å². The summed E-state index contributed by atoms with van der Waals surface area (Å²) in [5.41, 5.74) is 7.72. The Bertz CT molecular complexity index is 397. The lowest BCUT2D eigenvalue weighted by atomic mass is 10.1. The van der Waals surface area contributed by atoms with Gasteiger partial charge < -0.3 is 5.73 Å². The van der Waals surface area contributed by atoms with Gasteiger partial charge in [-0.15, -0.1) is 0 Å². The third kappa shape index (κ3) is 4.91. The van der Waals surface area contributed by atoms with Crippen LogP contribution in [0.15, 0.2) is 24.3 Å². The quantitative estimate of drug-likeness (QED) is 0.807. The molecule has 0 spiro atoms. The summed E-state index contributed by atoms with van der Waals surface area (Å²) in [5.74, 6) is 5.91. The lowest BCUT2D eigenvalue weighted by molar-refractivity contribution is 0.237. The van der Waals surface area contributed by atoms with E-state index in [1.54, 1.807) is 0 Å². The van der Waals surface area contributed by atoms with E-state index in [2.05, 4.69) is 61.9 Å². The lowest BCUT2D eigenvalue weighted by Crippen LogP contribution is -2.28. The Morgan fingerprint density at radius 3 is 2.50 bits per heavy atom. The summed E-state index contributed by atoms with van der Waals surface area (Å²) in [7, 11) is 2.18. The molecule has 1 atom stereocenters. The van der Waals surface area contributed by atoms with Crippen LogP contribution in [0.3, 0.4) is 0 Å². The normalized spacial score (nSPS) is 12.1. The first kappa shape index (κ1) is 14.8. The maximum atomic E-state index is 5.35. The Labute approximate surface area is 111 Å². The maximum Gasteiger partial charge on any atom is 0.0555 e. The van der Waals surface area contributed by atoms with Crippen molar-refractivity contribution in [2.75, 3.05) is 13.6 Å². The Morgan fingerprint density at radius 2 is 1.94 bits per heavy atom. The molecule has 0 radical (unpaired) electrons. The summed E-state index contributed by atoms with van der Waals surface area (Å²) < 4.78 is 0. The van der Waals surface area contributed by atoms with Gasteiger partial charge in [0.2, 0.25) is 0 Å². The molecule has 0 aromatic heterocycles. The molecule has 18 heavy (non-hydrogen) atoms. The van der Waals surface area contributed by atoms with Crippen LogP contribution >= 0.6 is 0 Å². The van der Waals surface area contributed by atoms with E-state index < -0.39 is 0 Å². The van der Waals surface area contributed by atoms with Crippen LogP contribution in [0.25, 0.3) is 0 Å². The summed E-state index contributed by atoms with van der Waals surface area (Å²) in [6.45, 7) is 5.92. The number of rotatable bonds is 5. The third-order valence-electron chi connectivity index (χ3n) is 3.18. The van der Waals surface area contributed by atoms with Gasteiger partial charge in [-0.1, -0.05) is 37.3 Å². The minimum Gasteiger partial charge on any atom is -0.320 e. The molecule has 2 nitrogen and oxygen atoms in total. The fraction of sp³-hybridized carbons (Fsp3) is 0.500. The van der Waals surface area contributed by atoms with E-state index in [9.17, 15) is 0 Å². The molecular formula is C16H24N2. The van der Waals surface area contributed by atoms with Gasteiger partial charge in [0.1, 0.15) is 0 Å². The number of benzene rings is 1. The van der Waals surface area contributed by atoms with E-state index in [0.29, 0.717) is 12.6 Å². The monoisotopic (exact) mass is 244 g/mol. The average Bonchev–Trinajstić information content (AvgIpc) is 2.38. The van der Waals surface area contributed by atoms with Crippen molar-refractivity contribution in [3.05, 3.63) is 35.4 Å². The van der Waals surface area contributed by atoms with Crippen molar-refractivity contribution in [3.63, 3.8) is 0 Å². The first-order chi connectivity index (χ1) is 8.67. The zero-order valence-corrected chi connectivity index (χ0v) is 11.7. The number of nitrogens with zero attached hydrogens (tertiary/aromatic N) is 1. The molecule has 1 aromatic carbocycles. The second-order valence-corrected chi connectivity index (χ2v) is 4.76. The second kappa shape index (κ2) is 7.92. The number of hydrogen-bond acceptors (Lipinski definition) is 2. The summed E-state index contributed by atoms with van der Waals surface area (Å²) in [6, 6.07) is 9.06. The van der Waals surface area contributed by atoms with E-state index in [0.717, 1.165) is 12.1 Å². The number of nitrogens with two attached hydrogens (primary N) is 1. The zero-order valence-electron chi connectivity index (χ0n) is 11.7. The van der Waals surface area contributed by atoms with E-state index >= 15 is 0 Å². The Morgan fingerprint density at radius 1 is 1.28 bits per heavy atom. The Balaban J connectivity index is 2.58. The van der Waals surface area contributed by atoms with Gasteiger partial charge >= 0.3 is 0 Å². The topological polar surface area (TPSA) is 29.3 Å². The van der Waals surface area contributed by atoms with Crippen LogP contribution in [0, 0.1) is 11.8 Å². The van der Waals surface area contributed by atoms with Crippen LogP contribution in [0.5, 0.6) is 0 Å². The molecule has 0 aliphatic rings. The molecule has 0 aliphatic carbocycles. The minimum atomic E-state index is 0.416. The van der Waals surface area contributed by atoms with Crippen molar-refractivity contribution in [3.8, 4) is 11.8 Å². The van der Waals surface area contributed by atoms with Crippen molar-refractivity contribution in [1.29, 1.82) is 0 Å². The van der Waals surface area contributed by atoms with Gasteiger partial charge in [-0.25, -0.2) is 0 Å². The van der Waals surface area contributed by atoms with Crippen LogP contribution in [-0.2, 0) is 6.54 Å². The summed E-state index contributed by atoms with van der Waals surface area (Å²) in [4.78, 5) is 2.39. The van der Waals surface area contributed by atoms with E-state index in [1.807, 2.05) is 0 Å².